The molecule has 4 aromatic rings. The van der Waals surface area contributed by atoms with Crippen LogP contribution in [0.4, 0.5) is 14.5 Å². The first-order valence-corrected chi connectivity index (χ1v) is 14.2. The SMILES string of the molecule is CNC(=O)c1c(-c2ccc(F)cc2)nn2cc(N(Cc3ccc(Br)c(F)c3)S(C)(=O)=O)c(C3CC3)cc12. The molecule has 11 heteroatoms. The van der Waals surface area contributed by atoms with Gasteiger partial charge in [0.15, 0.2) is 0 Å². The van der Waals surface area contributed by atoms with Gasteiger partial charge in [-0.15, -0.1) is 0 Å². The maximum Gasteiger partial charge on any atom is 0.255 e. The summed E-state index contributed by atoms with van der Waals surface area (Å²) in [4.78, 5) is 12.9. The maximum absolute atomic E-state index is 14.2. The second kappa shape index (κ2) is 9.53. The summed E-state index contributed by atoms with van der Waals surface area (Å²) in [5, 5.41) is 7.24. The van der Waals surface area contributed by atoms with E-state index in [2.05, 4.69) is 26.3 Å². The number of sulfonamides is 1. The summed E-state index contributed by atoms with van der Waals surface area (Å²) in [6.07, 6.45) is 4.45. The Bertz CT molecular complexity index is 1630. The molecule has 0 bridgehead atoms. The number of amides is 1. The van der Waals surface area contributed by atoms with Crippen LogP contribution in [0, 0.1) is 11.6 Å². The summed E-state index contributed by atoms with van der Waals surface area (Å²) in [7, 11) is -2.27. The van der Waals surface area contributed by atoms with Crippen LogP contribution in [0.3, 0.4) is 0 Å². The van der Waals surface area contributed by atoms with E-state index in [0.29, 0.717) is 33.6 Å². The van der Waals surface area contributed by atoms with E-state index in [9.17, 15) is 22.0 Å². The Kier molecular flexibility index (Phi) is 6.53. The molecule has 1 N–H and O–H groups in total. The molecule has 0 spiro atoms. The van der Waals surface area contributed by atoms with Gasteiger partial charge in [-0.05, 0) is 88.3 Å². The zero-order valence-electron chi connectivity index (χ0n) is 20.0. The van der Waals surface area contributed by atoms with Crippen LogP contribution in [-0.2, 0) is 16.6 Å². The van der Waals surface area contributed by atoms with Crippen molar-refractivity contribution in [1.82, 2.24) is 14.9 Å². The standard InChI is InChI=1S/C26H23BrF2N4O3S/c1-30-26(34)24-22-12-19(16-4-5-16)23(14-32(22)31-25(24)17-6-8-18(28)9-7-17)33(37(2,35)36)13-15-3-10-20(27)21(29)11-15/h3,6-12,14,16H,4-5,13H2,1-2H3,(H,30,34). The molecule has 1 aliphatic carbocycles. The van der Waals surface area contributed by atoms with Crippen molar-refractivity contribution < 1.29 is 22.0 Å². The Morgan fingerprint density at radius 1 is 1.16 bits per heavy atom. The third-order valence-electron chi connectivity index (χ3n) is 6.35. The molecule has 7 nitrogen and oxygen atoms in total. The van der Waals surface area contributed by atoms with Crippen molar-refractivity contribution in [2.45, 2.75) is 25.3 Å². The number of benzene rings is 2. The minimum Gasteiger partial charge on any atom is -0.355 e. The van der Waals surface area contributed by atoms with E-state index in [1.165, 1.54) is 52.3 Å². The molecule has 2 heterocycles. The Labute approximate surface area is 221 Å². The molecule has 192 valence electrons. The van der Waals surface area contributed by atoms with Gasteiger partial charge in [0.1, 0.15) is 17.3 Å². The first-order chi connectivity index (χ1) is 17.6. The van der Waals surface area contributed by atoms with E-state index in [0.717, 1.165) is 24.7 Å². The number of aromatic nitrogens is 2. The summed E-state index contributed by atoms with van der Waals surface area (Å²) in [6, 6.07) is 11.9. The summed E-state index contributed by atoms with van der Waals surface area (Å²) in [5.74, 6) is -1.16. The summed E-state index contributed by atoms with van der Waals surface area (Å²) < 4.78 is 56.8. The zero-order valence-corrected chi connectivity index (χ0v) is 22.4. The molecule has 2 aromatic carbocycles. The molecule has 0 atom stereocenters. The van der Waals surface area contributed by atoms with E-state index in [-0.39, 0.29) is 22.8 Å². The van der Waals surface area contributed by atoms with E-state index in [1.807, 2.05) is 0 Å². The van der Waals surface area contributed by atoms with Crippen molar-refractivity contribution in [1.29, 1.82) is 0 Å². The predicted molar refractivity (Wildman–Crippen MR) is 141 cm³/mol. The Hall–Kier alpha value is -3.31. The topological polar surface area (TPSA) is 83.8 Å². The van der Waals surface area contributed by atoms with Crippen LogP contribution in [0.5, 0.6) is 0 Å². The number of pyridine rings is 1. The number of rotatable bonds is 7. The van der Waals surface area contributed by atoms with E-state index in [1.54, 1.807) is 18.3 Å². The van der Waals surface area contributed by atoms with Gasteiger partial charge in [-0.1, -0.05) is 6.07 Å². The number of anilines is 1. The predicted octanol–water partition coefficient (Wildman–Crippen LogP) is 5.25. The number of halogens is 3. The quantitative estimate of drug-likeness (QED) is 0.320. The highest BCUT2D eigenvalue weighted by Crippen LogP contribution is 2.46. The Morgan fingerprint density at radius 2 is 1.86 bits per heavy atom. The molecule has 1 aliphatic rings. The number of hydrogen-bond donors (Lipinski definition) is 1. The number of carbonyl (C=O) groups excluding carboxylic acids is 1. The van der Waals surface area contributed by atoms with Crippen LogP contribution < -0.4 is 9.62 Å². The summed E-state index contributed by atoms with van der Waals surface area (Å²) in [6.45, 7) is -0.0807. The van der Waals surface area contributed by atoms with Crippen LogP contribution in [0.1, 0.15) is 40.2 Å². The fraction of sp³-hybridized carbons (Fsp3) is 0.231. The third-order valence-corrected chi connectivity index (χ3v) is 8.12. The lowest BCUT2D eigenvalue weighted by Crippen LogP contribution is -2.30. The van der Waals surface area contributed by atoms with E-state index in [4.69, 9.17) is 0 Å². The second-order valence-corrected chi connectivity index (χ2v) is 11.8. The minimum atomic E-state index is -3.78. The minimum absolute atomic E-state index is 0.0807. The first kappa shape index (κ1) is 25.3. The van der Waals surface area contributed by atoms with Crippen molar-refractivity contribution in [3.63, 3.8) is 0 Å². The summed E-state index contributed by atoms with van der Waals surface area (Å²) in [5.41, 5.74) is 3.37. The van der Waals surface area contributed by atoms with E-state index < -0.39 is 21.7 Å². The smallest absolute Gasteiger partial charge is 0.255 e. The highest BCUT2D eigenvalue weighted by atomic mass is 79.9. The van der Waals surface area contributed by atoms with Gasteiger partial charge < -0.3 is 5.32 Å². The molecule has 0 aliphatic heterocycles. The van der Waals surface area contributed by atoms with Crippen molar-refractivity contribution in [3.05, 3.63) is 87.5 Å². The fourth-order valence-electron chi connectivity index (χ4n) is 4.37. The van der Waals surface area contributed by atoms with Crippen LogP contribution in [0.15, 0.2) is 59.2 Å². The molecule has 0 saturated heterocycles. The summed E-state index contributed by atoms with van der Waals surface area (Å²) >= 11 is 3.12. The van der Waals surface area contributed by atoms with Crippen LogP contribution >= 0.6 is 15.9 Å². The maximum atomic E-state index is 14.2. The normalized spacial score (nSPS) is 13.6. The fourth-order valence-corrected chi connectivity index (χ4v) is 5.51. The lowest BCUT2D eigenvalue weighted by Gasteiger charge is -2.25. The van der Waals surface area contributed by atoms with Gasteiger partial charge in [0, 0.05) is 12.6 Å². The number of nitrogens with zero attached hydrogens (tertiary/aromatic N) is 3. The lowest BCUT2D eigenvalue weighted by molar-refractivity contribution is 0.0965. The zero-order chi connectivity index (χ0) is 26.5. The molecule has 0 radical (unpaired) electrons. The molecule has 37 heavy (non-hydrogen) atoms. The Morgan fingerprint density at radius 3 is 2.46 bits per heavy atom. The first-order valence-electron chi connectivity index (χ1n) is 11.5. The molecule has 1 amide bonds. The molecule has 2 aromatic heterocycles. The largest absolute Gasteiger partial charge is 0.355 e. The highest BCUT2D eigenvalue weighted by molar-refractivity contribution is 9.10. The van der Waals surface area contributed by atoms with Gasteiger partial charge in [-0.3, -0.25) is 9.10 Å². The number of carbonyl (C=O) groups is 1. The van der Waals surface area contributed by atoms with Crippen LogP contribution in [-0.4, -0.2) is 37.2 Å². The molecular formula is C26H23BrF2N4O3S. The van der Waals surface area contributed by atoms with Crippen molar-refractivity contribution >= 4 is 43.1 Å². The Balaban J connectivity index is 1.72. The van der Waals surface area contributed by atoms with Crippen molar-refractivity contribution in [2.75, 3.05) is 17.6 Å². The average molecular weight is 589 g/mol. The van der Waals surface area contributed by atoms with E-state index >= 15 is 0 Å². The van der Waals surface area contributed by atoms with Gasteiger partial charge in [0.2, 0.25) is 10.0 Å². The number of fused-ring (bicyclic) bond motifs is 1. The van der Waals surface area contributed by atoms with Gasteiger partial charge in [-0.2, -0.15) is 5.10 Å². The van der Waals surface area contributed by atoms with Crippen molar-refractivity contribution in [2.24, 2.45) is 0 Å². The molecular weight excluding hydrogens is 566 g/mol. The van der Waals surface area contributed by atoms with Crippen molar-refractivity contribution in [3.8, 4) is 11.3 Å². The number of hydrogen-bond acceptors (Lipinski definition) is 4. The van der Waals surface area contributed by atoms with Crippen LogP contribution in [0.2, 0.25) is 0 Å². The molecule has 5 rings (SSSR count). The average Bonchev–Trinajstić information content (AvgIpc) is 3.63. The van der Waals surface area contributed by atoms with Gasteiger partial charge >= 0.3 is 0 Å². The van der Waals surface area contributed by atoms with Crippen LogP contribution in [0.25, 0.3) is 16.8 Å². The van der Waals surface area contributed by atoms with Gasteiger partial charge in [-0.25, -0.2) is 21.7 Å². The molecule has 0 unspecified atom stereocenters. The number of nitrogens with one attached hydrogen (secondary N) is 1. The van der Waals surface area contributed by atoms with Gasteiger partial charge in [0.05, 0.1) is 40.2 Å². The molecule has 1 saturated carbocycles. The second-order valence-electron chi connectivity index (χ2n) is 9.05. The lowest BCUT2D eigenvalue weighted by atomic mass is 10.0. The monoisotopic (exact) mass is 588 g/mol. The van der Waals surface area contributed by atoms with Gasteiger partial charge in [0.25, 0.3) is 5.91 Å². The molecule has 1 fully saturated rings. The third kappa shape index (κ3) is 4.97. The highest BCUT2D eigenvalue weighted by Gasteiger charge is 2.33.